The molecule has 0 spiro atoms. The summed E-state index contributed by atoms with van der Waals surface area (Å²) in [6.07, 6.45) is 4.25. The van der Waals surface area contributed by atoms with Gasteiger partial charge in [-0.25, -0.2) is 0 Å². The van der Waals surface area contributed by atoms with Crippen molar-refractivity contribution in [2.75, 3.05) is 21.3 Å². The summed E-state index contributed by atoms with van der Waals surface area (Å²) in [6, 6.07) is 32.0. The third-order valence-electron chi connectivity index (χ3n) is 7.05. The molecule has 4 aromatic carbocycles. The summed E-state index contributed by atoms with van der Waals surface area (Å²) in [4.78, 5) is 26.8. The van der Waals surface area contributed by atoms with Crippen molar-refractivity contribution in [3.63, 3.8) is 0 Å². The third kappa shape index (κ3) is 10.7. The summed E-state index contributed by atoms with van der Waals surface area (Å²) >= 11 is 0. The molecule has 0 amide bonds. The summed E-state index contributed by atoms with van der Waals surface area (Å²) in [7, 11) is 0. The van der Waals surface area contributed by atoms with Crippen LogP contribution in [0.15, 0.2) is 97.1 Å². The van der Waals surface area contributed by atoms with Crippen molar-refractivity contribution >= 4 is 58.7 Å². The molecule has 4 N–H and O–H groups in total. The summed E-state index contributed by atoms with van der Waals surface area (Å²) in [5.74, 6) is 3.18. The zero-order valence-electron chi connectivity index (χ0n) is 30.1. The van der Waals surface area contributed by atoms with E-state index in [4.69, 9.17) is 0 Å². The minimum absolute atomic E-state index is 0.481. The molecule has 0 aliphatic rings. The van der Waals surface area contributed by atoms with E-state index in [2.05, 4.69) is 101 Å². The van der Waals surface area contributed by atoms with Gasteiger partial charge in [-0.1, -0.05) is 88.4 Å². The number of anilines is 8. The van der Waals surface area contributed by atoms with Crippen molar-refractivity contribution in [1.82, 2.24) is 29.9 Å². The lowest BCUT2D eigenvalue weighted by molar-refractivity contribution is 0.988. The molecular weight excluding hydrogens is 621 g/mol. The lowest BCUT2D eigenvalue weighted by atomic mass is 10.0. The van der Waals surface area contributed by atoms with E-state index in [1.165, 1.54) is 0 Å². The van der Waals surface area contributed by atoms with E-state index in [1.807, 2.05) is 114 Å². The van der Waals surface area contributed by atoms with Crippen LogP contribution in [-0.4, -0.2) is 29.9 Å². The Morgan fingerprint density at radius 3 is 1.02 bits per heavy atom. The number of hydrogen-bond donors (Lipinski definition) is 4. The lowest BCUT2D eigenvalue weighted by Gasteiger charge is -2.11. The van der Waals surface area contributed by atoms with Crippen LogP contribution >= 0.6 is 0 Å². The molecule has 0 aliphatic carbocycles. The normalized spacial score (nSPS) is 10.3. The summed E-state index contributed by atoms with van der Waals surface area (Å²) in [5.41, 5.74) is 8.09. The molecule has 6 aromatic rings. The highest BCUT2D eigenvalue weighted by molar-refractivity contribution is 5.75. The second-order valence-electron chi connectivity index (χ2n) is 10.8. The zero-order valence-corrected chi connectivity index (χ0v) is 30.1. The van der Waals surface area contributed by atoms with Crippen LogP contribution < -0.4 is 21.3 Å². The van der Waals surface area contributed by atoms with Crippen molar-refractivity contribution in [1.29, 1.82) is 0 Å². The van der Waals surface area contributed by atoms with Gasteiger partial charge in [0, 0.05) is 22.7 Å². The second kappa shape index (κ2) is 18.4. The van der Waals surface area contributed by atoms with E-state index < -0.39 is 0 Å². The van der Waals surface area contributed by atoms with Crippen LogP contribution in [-0.2, 0) is 0 Å². The topological polar surface area (TPSA) is 125 Å². The Morgan fingerprint density at radius 1 is 0.380 bits per heavy atom. The molecule has 256 valence electrons. The fourth-order valence-corrected chi connectivity index (χ4v) is 4.81. The Balaban J connectivity index is 0.00000136. The minimum atomic E-state index is 0.481. The Bertz CT molecular complexity index is 1850. The Labute approximate surface area is 295 Å². The summed E-state index contributed by atoms with van der Waals surface area (Å²) < 4.78 is 0. The first-order chi connectivity index (χ1) is 24.4. The molecule has 10 nitrogen and oxygen atoms in total. The first kappa shape index (κ1) is 36.7. The first-order valence-corrected chi connectivity index (χ1v) is 16.9. The molecule has 0 fully saturated rings. The van der Waals surface area contributed by atoms with Crippen molar-refractivity contribution in [2.24, 2.45) is 0 Å². The van der Waals surface area contributed by atoms with E-state index in [0.717, 1.165) is 45.0 Å². The smallest absolute Gasteiger partial charge is 0.232 e. The average molecular weight is 667 g/mol. The van der Waals surface area contributed by atoms with Crippen molar-refractivity contribution < 1.29 is 0 Å². The van der Waals surface area contributed by atoms with Gasteiger partial charge in [-0.2, -0.15) is 29.9 Å². The number of para-hydroxylation sites is 2. The molecular formula is C40H46N10. The minimum Gasteiger partial charge on any atom is -0.324 e. The number of aryl methyl sites for hydroxylation is 4. The molecule has 0 saturated heterocycles. The maximum atomic E-state index is 4.54. The van der Waals surface area contributed by atoms with Crippen molar-refractivity contribution in [3.8, 4) is 0 Å². The second-order valence-corrected chi connectivity index (χ2v) is 10.8. The largest absolute Gasteiger partial charge is 0.324 e. The van der Waals surface area contributed by atoms with Gasteiger partial charge in [-0.3, -0.25) is 0 Å². The highest BCUT2D eigenvalue weighted by atomic mass is 15.2. The van der Waals surface area contributed by atoms with Gasteiger partial charge in [0.1, 0.15) is 11.6 Å². The van der Waals surface area contributed by atoms with Crippen LogP contribution in [0, 0.1) is 27.7 Å². The number of nitrogens with one attached hydrogen (secondary N) is 4. The molecule has 0 bridgehead atoms. The highest BCUT2D eigenvalue weighted by Gasteiger charge is 2.08. The van der Waals surface area contributed by atoms with Crippen LogP contribution in [0.5, 0.6) is 0 Å². The fourth-order valence-electron chi connectivity index (χ4n) is 4.81. The standard InChI is InChI=1S/C36H34N10.2C2H6/c1-23-21-31(43-35-39-25(3)37-33(45-35)41-29-11-7-5-8-12-29)19-17-27(23)15-16-28-18-20-32(22-24(28)2)44-36-40-26(4)38-34(46-36)42-30-13-9-6-10-14-30;2*1-2/h5-22H,1-4H3,(H2,37,39,41,43,45)(H2,38,40,42,44,46);2*1-2H3. The highest BCUT2D eigenvalue weighted by Crippen LogP contribution is 2.24. The molecule has 10 heteroatoms. The maximum Gasteiger partial charge on any atom is 0.232 e. The molecule has 6 rings (SSSR count). The molecule has 2 aromatic heterocycles. The summed E-state index contributed by atoms with van der Waals surface area (Å²) in [5, 5.41) is 13.1. The predicted molar refractivity (Wildman–Crippen MR) is 209 cm³/mol. The molecule has 0 aliphatic heterocycles. The SMILES string of the molecule is CC.CC.Cc1nc(Nc2ccccc2)nc(Nc2ccc(C=Cc3ccc(Nc4nc(C)nc(Nc5ccccc5)n4)cc3C)c(C)c2)n1. The van der Waals surface area contributed by atoms with Gasteiger partial charge in [-0.05, 0) is 98.5 Å². The van der Waals surface area contributed by atoms with E-state index in [-0.39, 0.29) is 0 Å². The first-order valence-electron chi connectivity index (χ1n) is 16.9. The van der Waals surface area contributed by atoms with Crippen LogP contribution in [0.4, 0.5) is 46.5 Å². The van der Waals surface area contributed by atoms with Gasteiger partial charge >= 0.3 is 0 Å². The quantitative estimate of drug-likeness (QED) is 0.105. The molecule has 0 saturated carbocycles. The van der Waals surface area contributed by atoms with Crippen LogP contribution in [0.3, 0.4) is 0 Å². The predicted octanol–water partition coefficient (Wildman–Crippen LogP) is 10.5. The Morgan fingerprint density at radius 2 is 0.700 bits per heavy atom. The van der Waals surface area contributed by atoms with E-state index in [0.29, 0.717) is 35.4 Å². The van der Waals surface area contributed by atoms with Crippen molar-refractivity contribution in [2.45, 2.75) is 55.4 Å². The van der Waals surface area contributed by atoms with Gasteiger partial charge < -0.3 is 21.3 Å². The molecule has 0 atom stereocenters. The third-order valence-corrected chi connectivity index (χ3v) is 7.05. The van der Waals surface area contributed by atoms with Gasteiger partial charge in [0.05, 0.1) is 0 Å². The number of hydrogen-bond acceptors (Lipinski definition) is 10. The maximum absolute atomic E-state index is 4.54. The van der Waals surface area contributed by atoms with Gasteiger partial charge in [0.2, 0.25) is 23.8 Å². The number of nitrogens with zero attached hydrogens (tertiary/aromatic N) is 6. The molecule has 0 radical (unpaired) electrons. The van der Waals surface area contributed by atoms with E-state index in [9.17, 15) is 0 Å². The van der Waals surface area contributed by atoms with Crippen molar-refractivity contribution in [3.05, 3.63) is 131 Å². The Kier molecular flexibility index (Phi) is 13.5. The number of rotatable bonds is 10. The average Bonchev–Trinajstić information content (AvgIpc) is 3.11. The van der Waals surface area contributed by atoms with Gasteiger partial charge in [0.15, 0.2) is 0 Å². The Hall–Kier alpha value is -6.16. The lowest BCUT2D eigenvalue weighted by Crippen LogP contribution is -2.05. The fraction of sp³-hybridized carbons (Fsp3) is 0.200. The van der Waals surface area contributed by atoms with Gasteiger partial charge in [0.25, 0.3) is 0 Å². The van der Waals surface area contributed by atoms with Crippen LogP contribution in [0.2, 0.25) is 0 Å². The number of aromatic nitrogens is 6. The molecule has 0 unspecified atom stereocenters. The van der Waals surface area contributed by atoms with Crippen LogP contribution in [0.1, 0.15) is 61.6 Å². The molecule has 50 heavy (non-hydrogen) atoms. The summed E-state index contributed by atoms with van der Waals surface area (Å²) in [6.45, 7) is 15.9. The van der Waals surface area contributed by atoms with Gasteiger partial charge in [-0.15, -0.1) is 0 Å². The van der Waals surface area contributed by atoms with E-state index >= 15 is 0 Å². The number of benzene rings is 4. The molecule has 2 heterocycles. The van der Waals surface area contributed by atoms with E-state index in [1.54, 1.807) is 0 Å². The zero-order chi connectivity index (χ0) is 35.9. The monoisotopic (exact) mass is 666 g/mol. The van der Waals surface area contributed by atoms with Crippen LogP contribution in [0.25, 0.3) is 12.2 Å².